The number of hydrogen-bond donors (Lipinski definition) is 0. The van der Waals surface area contributed by atoms with Gasteiger partial charge in [0.15, 0.2) is 0 Å². The zero-order valence-electron chi connectivity index (χ0n) is 27.4. The molecule has 53 heavy (non-hydrogen) atoms. The van der Waals surface area contributed by atoms with Gasteiger partial charge in [0.05, 0.1) is 0 Å². The van der Waals surface area contributed by atoms with Crippen LogP contribution in [0.3, 0.4) is 0 Å². The topological polar surface area (TPSA) is 0 Å². The molecule has 0 nitrogen and oxygen atoms in total. The van der Waals surface area contributed by atoms with E-state index in [0.29, 0.717) is 48.2 Å². The minimum absolute atomic E-state index is 0. The van der Waals surface area contributed by atoms with E-state index in [4.69, 9.17) is 0 Å². The summed E-state index contributed by atoms with van der Waals surface area (Å²) >= 11 is -1.73. The van der Waals surface area contributed by atoms with E-state index in [1.807, 2.05) is 38.1 Å². The van der Waals surface area contributed by atoms with E-state index in [1.54, 1.807) is 12.1 Å². The summed E-state index contributed by atoms with van der Waals surface area (Å²) < 4.78 is 164. The largest absolute Gasteiger partial charge is 1.00 e. The van der Waals surface area contributed by atoms with Gasteiger partial charge in [-0.2, -0.15) is 0 Å². The zero-order valence-corrected chi connectivity index (χ0v) is 31.4. The fourth-order valence-electron chi connectivity index (χ4n) is 6.83. The number of fused-ring (bicyclic) bond motifs is 2. The molecular weight excluding hydrogens is 847 g/mol. The molecule has 0 heterocycles. The number of rotatable bonds is 6. The first-order valence-corrected chi connectivity index (χ1v) is 18.6. The van der Waals surface area contributed by atoms with Gasteiger partial charge < -0.3 is 24.8 Å². The molecular formula is C38H26Cl2F12Zr. The van der Waals surface area contributed by atoms with Crippen molar-refractivity contribution in [3.8, 4) is 22.3 Å². The van der Waals surface area contributed by atoms with Gasteiger partial charge in [-0.05, 0) is 0 Å². The quantitative estimate of drug-likeness (QED) is 0.176. The molecule has 4 aromatic carbocycles. The molecule has 2 aliphatic carbocycles. The van der Waals surface area contributed by atoms with Crippen LogP contribution >= 0.6 is 0 Å². The van der Waals surface area contributed by atoms with Crippen LogP contribution in [0.25, 0.3) is 34.4 Å². The van der Waals surface area contributed by atoms with Gasteiger partial charge in [0, 0.05) is 0 Å². The fraction of sp³-hybridized carbons (Fsp3) is 0.263. The van der Waals surface area contributed by atoms with Crippen molar-refractivity contribution in [2.45, 2.75) is 58.6 Å². The Kier molecular flexibility index (Phi) is 12.3. The summed E-state index contributed by atoms with van der Waals surface area (Å²) in [5, 5.41) is 0. The van der Waals surface area contributed by atoms with Crippen molar-refractivity contribution in [1.82, 2.24) is 0 Å². The van der Waals surface area contributed by atoms with Crippen molar-refractivity contribution in [2.75, 3.05) is 0 Å². The summed E-state index contributed by atoms with van der Waals surface area (Å²) in [6, 6.07) is 12.8. The van der Waals surface area contributed by atoms with Crippen LogP contribution in [-0.4, -0.2) is 0 Å². The van der Waals surface area contributed by atoms with Crippen LogP contribution in [0, 0.1) is 0 Å². The van der Waals surface area contributed by atoms with Crippen molar-refractivity contribution in [1.29, 1.82) is 0 Å². The maximum atomic E-state index is 13.7. The summed E-state index contributed by atoms with van der Waals surface area (Å²) in [6.45, 7) is 3.80. The van der Waals surface area contributed by atoms with Gasteiger partial charge >= 0.3 is 297 Å². The van der Waals surface area contributed by atoms with Crippen molar-refractivity contribution in [3.63, 3.8) is 0 Å². The molecule has 4 aromatic rings. The second-order valence-corrected chi connectivity index (χ2v) is 16.0. The summed E-state index contributed by atoms with van der Waals surface area (Å²) in [4.78, 5) is 0. The third-order valence-electron chi connectivity index (χ3n) is 9.25. The molecule has 6 rings (SSSR count). The predicted molar refractivity (Wildman–Crippen MR) is 166 cm³/mol. The van der Waals surface area contributed by atoms with Crippen molar-refractivity contribution in [3.05, 3.63) is 128 Å². The number of halogens is 14. The Labute approximate surface area is 320 Å². The van der Waals surface area contributed by atoms with E-state index in [0.717, 1.165) is 22.3 Å². The van der Waals surface area contributed by atoms with Crippen molar-refractivity contribution >= 4 is 12.2 Å². The fourth-order valence-corrected chi connectivity index (χ4v) is 12.2. The van der Waals surface area contributed by atoms with Crippen LogP contribution in [0.15, 0.2) is 83.9 Å². The van der Waals surface area contributed by atoms with Crippen molar-refractivity contribution < 1.29 is 101 Å². The Bertz CT molecular complexity index is 1860. The third-order valence-corrected chi connectivity index (χ3v) is 14.2. The van der Waals surface area contributed by atoms with Gasteiger partial charge in [-0.1, -0.05) is 0 Å². The van der Waals surface area contributed by atoms with E-state index in [1.165, 1.54) is 12.1 Å². The van der Waals surface area contributed by atoms with E-state index >= 15 is 0 Å². The maximum Gasteiger partial charge on any atom is -1.00 e. The van der Waals surface area contributed by atoms with Crippen LogP contribution in [0.4, 0.5) is 52.7 Å². The van der Waals surface area contributed by atoms with Crippen molar-refractivity contribution in [2.24, 2.45) is 0 Å². The molecule has 280 valence electrons. The standard InChI is InChI=1S/2C19H13F6.2ClH.Zr/c2*1-2-11-6-12-4-3-5-16(17(12)7-11)13-8-14(18(20,21)22)10-15(9-13)19(23,24)25;;;/h2*3-10H,2H2,1H3;2*1H;/q;;;;+2/p-2. The normalized spacial score (nSPS) is 16.9. The van der Waals surface area contributed by atoms with Crippen LogP contribution in [0.5, 0.6) is 0 Å². The first-order valence-electron chi connectivity index (χ1n) is 15.7. The van der Waals surface area contributed by atoms with E-state index in [9.17, 15) is 52.7 Å². The van der Waals surface area contributed by atoms with Crippen LogP contribution < -0.4 is 24.8 Å². The summed E-state index contributed by atoms with van der Waals surface area (Å²) in [6.07, 6.45) is -15.3. The molecule has 0 saturated heterocycles. The summed E-state index contributed by atoms with van der Waals surface area (Å²) in [5.74, 6) is 0. The molecule has 0 N–H and O–H groups in total. The van der Waals surface area contributed by atoms with Gasteiger partial charge in [0.1, 0.15) is 0 Å². The molecule has 0 spiro atoms. The van der Waals surface area contributed by atoms with Gasteiger partial charge in [-0.3, -0.25) is 0 Å². The van der Waals surface area contributed by atoms with Crippen LogP contribution in [-0.2, 0) is 47.9 Å². The molecule has 2 atom stereocenters. The Balaban J connectivity index is 0.00000314. The smallest absolute Gasteiger partial charge is 1.00 e. The van der Waals surface area contributed by atoms with E-state index < -0.39 is 70.2 Å². The van der Waals surface area contributed by atoms with E-state index in [-0.39, 0.29) is 66.5 Å². The Morgan fingerprint density at radius 2 is 0.774 bits per heavy atom. The molecule has 0 fully saturated rings. The predicted octanol–water partition coefficient (Wildman–Crippen LogP) is 7.58. The molecule has 2 unspecified atom stereocenters. The molecule has 0 aliphatic heterocycles. The third kappa shape index (κ3) is 8.47. The Hall–Kier alpha value is -3.02. The van der Waals surface area contributed by atoms with Crippen LogP contribution in [0.2, 0.25) is 0 Å². The van der Waals surface area contributed by atoms with Gasteiger partial charge in [0.2, 0.25) is 0 Å². The average Bonchev–Trinajstić information content (AvgIpc) is 3.60. The minimum Gasteiger partial charge on any atom is -1.00 e. The molecule has 0 amide bonds. The zero-order chi connectivity index (χ0) is 37.3. The second kappa shape index (κ2) is 15.3. The average molecular weight is 873 g/mol. The Morgan fingerprint density at radius 3 is 1.04 bits per heavy atom. The van der Waals surface area contributed by atoms with Crippen LogP contribution in [0.1, 0.15) is 78.4 Å². The van der Waals surface area contributed by atoms with Gasteiger partial charge in [-0.25, -0.2) is 0 Å². The molecule has 2 aliphatic rings. The monoisotopic (exact) mass is 870 g/mol. The summed E-state index contributed by atoms with van der Waals surface area (Å²) in [7, 11) is 0. The number of allylic oxidation sites excluding steroid dienone is 2. The molecule has 0 bridgehead atoms. The molecule has 15 heteroatoms. The first-order chi connectivity index (χ1) is 23.7. The number of benzene rings is 4. The maximum absolute atomic E-state index is 13.7. The molecule has 0 radical (unpaired) electrons. The van der Waals surface area contributed by atoms with Gasteiger partial charge in [0.25, 0.3) is 0 Å². The number of hydrogen-bond acceptors (Lipinski definition) is 0. The first kappa shape index (κ1) is 42.7. The van der Waals surface area contributed by atoms with Gasteiger partial charge in [-0.15, -0.1) is 0 Å². The molecule has 0 aromatic heterocycles. The Morgan fingerprint density at radius 1 is 0.472 bits per heavy atom. The SMILES string of the molecule is CCC1=Cc2c(-c3cc(C(F)(F)F)cc(C(F)(F)F)c3)cccc2[CH]1[Zr+2][CH]1C(CC)=Cc2c(-c3cc(C(F)(F)F)cc(C(F)(F)F)c3)cccc21.[Cl-].[Cl-]. The second-order valence-electron chi connectivity index (χ2n) is 12.4. The van der Waals surface area contributed by atoms with E-state index in [2.05, 4.69) is 0 Å². The molecule has 0 saturated carbocycles. The summed E-state index contributed by atoms with van der Waals surface area (Å²) in [5.41, 5.74) is -1.16. The number of alkyl halides is 12. The minimum atomic E-state index is -5.02.